The lowest BCUT2D eigenvalue weighted by molar-refractivity contribution is 0.433. The van der Waals surface area contributed by atoms with Gasteiger partial charge in [0.2, 0.25) is 0 Å². The molecule has 0 radical (unpaired) electrons. The Labute approximate surface area is 155 Å². The molecule has 0 saturated carbocycles. The van der Waals surface area contributed by atoms with Crippen molar-refractivity contribution in [1.82, 2.24) is 0 Å². The molecule has 0 saturated heterocycles. The highest BCUT2D eigenvalue weighted by Crippen LogP contribution is 2.18. The third-order valence-corrected chi connectivity index (χ3v) is 5.60. The highest BCUT2D eigenvalue weighted by molar-refractivity contribution is 4.55. The first-order chi connectivity index (χ1) is 11.8. The van der Waals surface area contributed by atoms with Gasteiger partial charge in [0, 0.05) is 0 Å². The molecule has 0 bridgehead atoms. The minimum Gasteiger partial charge on any atom is -0.0654 e. The summed E-state index contributed by atoms with van der Waals surface area (Å²) in [6.07, 6.45) is 29.3. The lowest BCUT2D eigenvalue weighted by Crippen LogP contribution is -1.95. The summed E-state index contributed by atoms with van der Waals surface area (Å²) in [5.74, 6) is 0.971. The van der Waals surface area contributed by atoms with E-state index in [0.29, 0.717) is 0 Å². The molecule has 0 aromatic heterocycles. The average molecular weight is 339 g/mol. The van der Waals surface area contributed by atoms with Gasteiger partial charge in [-0.05, 0) is 5.92 Å². The van der Waals surface area contributed by atoms with Crippen LogP contribution in [-0.2, 0) is 0 Å². The van der Waals surface area contributed by atoms with E-state index in [2.05, 4.69) is 20.8 Å². The Morgan fingerprint density at radius 2 is 0.625 bits per heavy atom. The minimum atomic E-state index is 0.971. The van der Waals surface area contributed by atoms with Crippen LogP contribution in [-0.4, -0.2) is 0 Å². The van der Waals surface area contributed by atoms with Crippen molar-refractivity contribution in [3.05, 3.63) is 0 Å². The number of hydrogen-bond donors (Lipinski definition) is 0. The molecule has 0 aromatic rings. The van der Waals surface area contributed by atoms with E-state index in [-0.39, 0.29) is 0 Å². The molecule has 0 heteroatoms. The topological polar surface area (TPSA) is 0 Å². The Kier molecular flexibility index (Phi) is 21.0. The summed E-state index contributed by atoms with van der Waals surface area (Å²) in [5, 5.41) is 0. The van der Waals surface area contributed by atoms with Crippen LogP contribution in [0.25, 0.3) is 0 Å². The average Bonchev–Trinajstić information content (AvgIpc) is 2.59. The maximum Gasteiger partial charge on any atom is -0.0443 e. The van der Waals surface area contributed by atoms with E-state index in [1.54, 1.807) is 0 Å². The summed E-state index contributed by atoms with van der Waals surface area (Å²) in [6.45, 7) is 7.07. The molecule has 0 heterocycles. The Morgan fingerprint density at radius 1 is 0.375 bits per heavy atom. The van der Waals surface area contributed by atoms with Gasteiger partial charge in [-0.25, -0.2) is 0 Å². The Morgan fingerprint density at radius 3 is 0.958 bits per heavy atom. The second kappa shape index (κ2) is 21.0. The van der Waals surface area contributed by atoms with Crippen LogP contribution in [0.15, 0.2) is 0 Å². The molecule has 24 heavy (non-hydrogen) atoms. The molecule has 0 fully saturated rings. The number of rotatable bonds is 20. The third kappa shape index (κ3) is 20.0. The predicted molar refractivity (Wildman–Crippen MR) is 113 cm³/mol. The molecule has 0 aliphatic heterocycles. The van der Waals surface area contributed by atoms with Crippen LogP contribution in [0, 0.1) is 5.92 Å². The first-order valence-electron chi connectivity index (χ1n) is 11.8. The van der Waals surface area contributed by atoms with Gasteiger partial charge < -0.3 is 0 Å². The van der Waals surface area contributed by atoms with E-state index in [0.717, 1.165) is 5.92 Å². The summed E-state index contributed by atoms with van der Waals surface area (Å²) in [7, 11) is 0. The van der Waals surface area contributed by atoms with E-state index < -0.39 is 0 Å². The second-order valence-corrected chi connectivity index (χ2v) is 8.34. The third-order valence-electron chi connectivity index (χ3n) is 5.60. The van der Waals surface area contributed by atoms with Gasteiger partial charge in [0.15, 0.2) is 0 Å². The zero-order valence-corrected chi connectivity index (χ0v) is 17.7. The Hall–Kier alpha value is 0. The molecule has 0 aromatic carbocycles. The van der Waals surface area contributed by atoms with Crippen LogP contribution in [0.4, 0.5) is 0 Å². The molecule has 0 N–H and O–H groups in total. The lowest BCUT2D eigenvalue weighted by atomic mass is 9.96. The maximum atomic E-state index is 2.47. The molecule has 146 valence electrons. The normalized spacial score (nSPS) is 12.6. The predicted octanol–water partition coefficient (Wildman–Crippen LogP) is 9.46. The van der Waals surface area contributed by atoms with Crippen molar-refractivity contribution in [1.29, 1.82) is 0 Å². The molecule has 0 spiro atoms. The standard InChI is InChI=1S/C24H50/c1-4-6-8-10-11-12-13-14-15-16-17-18-19-21-23-24(3)22-20-9-7-5-2/h24H,4-23H2,1-3H3. The van der Waals surface area contributed by atoms with Crippen molar-refractivity contribution >= 4 is 0 Å². The molecule has 0 amide bonds. The monoisotopic (exact) mass is 338 g/mol. The van der Waals surface area contributed by atoms with E-state index in [1.807, 2.05) is 0 Å². The van der Waals surface area contributed by atoms with Crippen molar-refractivity contribution in [2.75, 3.05) is 0 Å². The fourth-order valence-electron chi connectivity index (χ4n) is 3.75. The molecular formula is C24H50. The summed E-state index contributed by atoms with van der Waals surface area (Å²) in [5.41, 5.74) is 0. The molecule has 0 nitrogen and oxygen atoms in total. The molecule has 0 aliphatic carbocycles. The zero-order valence-electron chi connectivity index (χ0n) is 17.7. The molecular weight excluding hydrogens is 288 g/mol. The lowest BCUT2D eigenvalue weighted by Gasteiger charge is -2.10. The minimum absolute atomic E-state index is 0.971. The van der Waals surface area contributed by atoms with Crippen LogP contribution in [0.1, 0.15) is 149 Å². The van der Waals surface area contributed by atoms with Crippen LogP contribution in [0.2, 0.25) is 0 Å². The van der Waals surface area contributed by atoms with Gasteiger partial charge in [-0.1, -0.05) is 149 Å². The zero-order chi connectivity index (χ0) is 17.7. The largest absolute Gasteiger partial charge is 0.0654 e. The van der Waals surface area contributed by atoms with Crippen molar-refractivity contribution in [2.24, 2.45) is 5.92 Å². The number of unbranched alkanes of at least 4 members (excludes halogenated alkanes) is 16. The first-order valence-corrected chi connectivity index (χ1v) is 11.8. The van der Waals surface area contributed by atoms with Crippen molar-refractivity contribution in [2.45, 2.75) is 149 Å². The molecule has 1 unspecified atom stereocenters. The molecule has 1 atom stereocenters. The van der Waals surface area contributed by atoms with Gasteiger partial charge >= 0.3 is 0 Å². The van der Waals surface area contributed by atoms with Crippen LogP contribution < -0.4 is 0 Å². The van der Waals surface area contributed by atoms with Gasteiger partial charge in [0.25, 0.3) is 0 Å². The van der Waals surface area contributed by atoms with Gasteiger partial charge in [-0.15, -0.1) is 0 Å². The van der Waals surface area contributed by atoms with Crippen molar-refractivity contribution < 1.29 is 0 Å². The summed E-state index contributed by atoms with van der Waals surface area (Å²) in [6, 6.07) is 0. The van der Waals surface area contributed by atoms with Gasteiger partial charge in [-0.3, -0.25) is 0 Å². The molecule has 0 rings (SSSR count). The van der Waals surface area contributed by atoms with Crippen molar-refractivity contribution in [3.63, 3.8) is 0 Å². The van der Waals surface area contributed by atoms with E-state index in [4.69, 9.17) is 0 Å². The Balaban J connectivity index is 3.06. The van der Waals surface area contributed by atoms with Crippen molar-refractivity contribution in [3.8, 4) is 0 Å². The number of hydrogen-bond acceptors (Lipinski definition) is 0. The van der Waals surface area contributed by atoms with Crippen LogP contribution in [0.3, 0.4) is 0 Å². The smallest absolute Gasteiger partial charge is 0.0443 e. The van der Waals surface area contributed by atoms with Crippen LogP contribution in [0.5, 0.6) is 0 Å². The maximum absolute atomic E-state index is 2.47. The van der Waals surface area contributed by atoms with Gasteiger partial charge in [0.1, 0.15) is 0 Å². The fourth-order valence-corrected chi connectivity index (χ4v) is 3.75. The quantitative estimate of drug-likeness (QED) is 0.194. The summed E-state index contributed by atoms with van der Waals surface area (Å²) >= 11 is 0. The van der Waals surface area contributed by atoms with E-state index in [9.17, 15) is 0 Å². The van der Waals surface area contributed by atoms with E-state index in [1.165, 1.54) is 128 Å². The summed E-state index contributed by atoms with van der Waals surface area (Å²) < 4.78 is 0. The fraction of sp³-hybridized carbons (Fsp3) is 1.00. The molecule has 0 aliphatic rings. The highest BCUT2D eigenvalue weighted by Gasteiger charge is 2.01. The first kappa shape index (κ1) is 24.0. The second-order valence-electron chi connectivity index (χ2n) is 8.34. The van der Waals surface area contributed by atoms with Gasteiger partial charge in [-0.2, -0.15) is 0 Å². The summed E-state index contributed by atoms with van der Waals surface area (Å²) in [4.78, 5) is 0. The Bertz CT molecular complexity index is 208. The van der Waals surface area contributed by atoms with E-state index >= 15 is 0 Å². The highest BCUT2D eigenvalue weighted by atomic mass is 14.1. The van der Waals surface area contributed by atoms with Gasteiger partial charge in [0.05, 0.1) is 0 Å². The van der Waals surface area contributed by atoms with Crippen LogP contribution >= 0.6 is 0 Å². The SMILES string of the molecule is CCCCCCCCCCCCCCCCC(C)CCCCCC.